The van der Waals surface area contributed by atoms with Gasteiger partial charge in [-0.15, -0.1) is 12.6 Å². The molecule has 0 saturated carbocycles. The molecule has 0 rings (SSSR count). The molecular weight excluding hydrogens is 214 g/mol. The predicted molar refractivity (Wildman–Crippen MR) is 48.9 cm³/mol. The minimum Gasteiger partial charge on any atom is -0.480 e. The Kier molecular flexibility index (Phi) is 9.30. The van der Waals surface area contributed by atoms with Crippen LogP contribution >= 0.6 is 12.6 Å². The smallest absolute Gasteiger partial charge is 0.333 e. The lowest BCUT2D eigenvalue weighted by Crippen LogP contribution is -2.21. The van der Waals surface area contributed by atoms with Crippen molar-refractivity contribution in [3.05, 3.63) is 0 Å². The molecule has 0 saturated heterocycles. The number of carboxylic acid groups (broad SMARTS) is 2. The molecule has 0 aromatic carbocycles. The Morgan fingerprint density at radius 1 is 1.29 bits per heavy atom. The van der Waals surface area contributed by atoms with Crippen LogP contribution in [-0.2, 0) is 14.4 Å². The fourth-order valence-corrected chi connectivity index (χ4v) is 0.426. The van der Waals surface area contributed by atoms with Crippen LogP contribution in [0.25, 0.3) is 0 Å². The number of carbonyl (C=O) groups excluding carboxylic acids is 1. The van der Waals surface area contributed by atoms with Crippen molar-refractivity contribution in [1.82, 2.24) is 0 Å². The van der Waals surface area contributed by atoms with E-state index >= 15 is 0 Å². The second-order valence-corrected chi connectivity index (χ2v) is 2.55. The summed E-state index contributed by atoms with van der Waals surface area (Å²) in [7, 11) is 0. The van der Waals surface area contributed by atoms with Crippen LogP contribution in [0.5, 0.6) is 0 Å². The van der Waals surface area contributed by atoms with Crippen LogP contribution in [0.1, 0.15) is 6.42 Å². The summed E-state index contributed by atoms with van der Waals surface area (Å²) in [6.07, 6.45) is -2.06. The van der Waals surface area contributed by atoms with Crippen LogP contribution in [0.2, 0.25) is 0 Å². The molecule has 0 bridgehead atoms. The first-order chi connectivity index (χ1) is 6.31. The van der Waals surface area contributed by atoms with E-state index in [1.807, 2.05) is 0 Å². The maximum atomic E-state index is 10.00. The van der Waals surface area contributed by atoms with E-state index in [0.717, 1.165) is 0 Å². The average Bonchev–Trinajstić information content (AvgIpc) is 2.04. The second-order valence-electron chi connectivity index (χ2n) is 2.05. The zero-order valence-corrected chi connectivity index (χ0v) is 7.98. The largest absolute Gasteiger partial charge is 0.480 e. The highest BCUT2D eigenvalue weighted by Gasteiger charge is 2.14. The van der Waals surface area contributed by atoms with Gasteiger partial charge in [0.05, 0.1) is 13.0 Å². The monoisotopic (exact) mass is 225 g/mol. The Bertz CT molecular complexity index is 218. The van der Waals surface area contributed by atoms with Gasteiger partial charge in [0.15, 0.2) is 11.2 Å². The van der Waals surface area contributed by atoms with Crippen molar-refractivity contribution >= 4 is 29.7 Å². The van der Waals surface area contributed by atoms with Gasteiger partial charge in [-0.05, 0) is 0 Å². The lowest BCUT2D eigenvalue weighted by molar-refractivity contribution is -0.148. The number of carbonyl (C=O) groups is 3. The van der Waals surface area contributed by atoms with E-state index in [0.29, 0.717) is 0 Å². The molecule has 7 nitrogen and oxygen atoms in total. The van der Waals surface area contributed by atoms with E-state index in [9.17, 15) is 14.4 Å². The van der Waals surface area contributed by atoms with Crippen molar-refractivity contribution in [2.75, 3.05) is 6.54 Å². The van der Waals surface area contributed by atoms with E-state index in [1.54, 1.807) is 0 Å². The highest BCUT2D eigenvalue weighted by Crippen LogP contribution is 1.94. The lowest BCUT2D eigenvalue weighted by atomic mass is 10.3. The Labute approximate surface area is 84.9 Å². The van der Waals surface area contributed by atoms with Crippen LogP contribution in [0.15, 0.2) is 0 Å². The summed E-state index contributed by atoms with van der Waals surface area (Å²) >= 11 is 3.27. The summed E-state index contributed by atoms with van der Waals surface area (Å²) in [5.74, 6) is -2.37. The number of aliphatic hydroxyl groups is 1. The molecule has 8 heteroatoms. The first-order valence-electron chi connectivity index (χ1n) is 3.35. The van der Waals surface area contributed by atoms with Gasteiger partial charge < -0.3 is 21.1 Å². The third kappa shape index (κ3) is 13.5. The third-order valence-corrected chi connectivity index (χ3v) is 1.01. The Balaban J connectivity index is 0. The summed E-state index contributed by atoms with van der Waals surface area (Å²) in [5.41, 5.74) is 4.57. The number of nitrogens with two attached hydrogens (primary N) is 1. The van der Waals surface area contributed by atoms with E-state index in [2.05, 4.69) is 18.4 Å². The number of aliphatic hydroxyl groups excluding tert-OH is 1. The van der Waals surface area contributed by atoms with Crippen molar-refractivity contribution in [2.24, 2.45) is 5.73 Å². The summed E-state index contributed by atoms with van der Waals surface area (Å²) in [6, 6.07) is 0. The van der Waals surface area contributed by atoms with Crippen LogP contribution in [0.4, 0.5) is 0 Å². The Hall–Kier alpha value is -1.12. The van der Waals surface area contributed by atoms with E-state index < -0.39 is 29.6 Å². The second kappa shape index (κ2) is 8.48. The minimum absolute atomic E-state index is 0.278. The van der Waals surface area contributed by atoms with Gasteiger partial charge in [-0.3, -0.25) is 9.59 Å². The van der Waals surface area contributed by atoms with Crippen LogP contribution in [-0.4, -0.2) is 45.0 Å². The molecule has 0 aliphatic carbocycles. The fourth-order valence-electron chi connectivity index (χ4n) is 0.253. The molecule has 5 N–H and O–H groups in total. The molecule has 0 amide bonds. The predicted octanol–water partition coefficient (Wildman–Crippen LogP) is -1.69. The molecular formula is C6H11NO6S. The number of aliphatic carboxylic acids is 2. The Morgan fingerprint density at radius 2 is 1.64 bits per heavy atom. The van der Waals surface area contributed by atoms with Crippen molar-refractivity contribution in [1.29, 1.82) is 0 Å². The zero-order valence-electron chi connectivity index (χ0n) is 7.08. The average molecular weight is 225 g/mol. The molecule has 0 radical (unpaired) electrons. The fraction of sp³-hybridized carbons (Fsp3) is 0.500. The molecule has 0 aromatic heterocycles. The number of hydrogen-bond donors (Lipinski definition) is 5. The zero-order chi connectivity index (χ0) is 11.7. The molecule has 0 aromatic rings. The van der Waals surface area contributed by atoms with Gasteiger partial charge in [0.1, 0.15) is 0 Å². The molecule has 82 valence electrons. The SMILES string of the molecule is NCC(=O)O.O=C(S)CC(O)C(=O)O. The van der Waals surface area contributed by atoms with Crippen molar-refractivity contribution in [2.45, 2.75) is 12.5 Å². The topological polar surface area (TPSA) is 138 Å². The van der Waals surface area contributed by atoms with E-state index in [1.165, 1.54) is 0 Å². The Morgan fingerprint density at radius 3 is 1.71 bits per heavy atom. The quantitative estimate of drug-likeness (QED) is 0.360. The number of thiol groups is 1. The molecule has 14 heavy (non-hydrogen) atoms. The molecule has 0 spiro atoms. The van der Waals surface area contributed by atoms with Crippen LogP contribution in [0, 0.1) is 0 Å². The third-order valence-electron chi connectivity index (χ3n) is 0.828. The normalized spacial score (nSPS) is 10.8. The summed E-state index contributed by atoms with van der Waals surface area (Å²) < 4.78 is 0. The van der Waals surface area contributed by atoms with Crippen LogP contribution in [0.3, 0.4) is 0 Å². The van der Waals surface area contributed by atoms with Crippen LogP contribution < -0.4 is 5.73 Å². The molecule has 0 aliphatic rings. The van der Waals surface area contributed by atoms with Crippen molar-refractivity contribution in [3.63, 3.8) is 0 Å². The lowest BCUT2D eigenvalue weighted by Gasteiger charge is -1.98. The van der Waals surface area contributed by atoms with Gasteiger partial charge >= 0.3 is 11.9 Å². The number of rotatable bonds is 4. The number of carboxylic acids is 2. The summed E-state index contributed by atoms with van der Waals surface area (Å²) in [6.45, 7) is -0.278. The van der Waals surface area contributed by atoms with E-state index in [-0.39, 0.29) is 6.54 Å². The summed E-state index contributed by atoms with van der Waals surface area (Å²) in [4.78, 5) is 29.0. The maximum Gasteiger partial charge on any atom is 0.333 e. The van der Waals surface area contributed by atoms with Gasteiger partial charge in [-0.2, -0.15) is 0 Å². The molecule has 0 fully saturated rings. The first kappa shape index (κ1) is 15.4. The van der Waals surface area contributed by atoms with Gasteiger partial charge in [0, 0.05) is 0 Å². The van der Waals surface area contributed by atoms with Gasteiger partial charge in [0.25, 0.3) is 0 Å². The molecule has 0 heterocycles. The van der Waals surface area contributed by atoms with Gasteiger partial charge in [-0.1, -0.05) is 0 Å². The molecule has 1 unspecified atom stereocenters. The standard InChI is InChI=1S/C4H6O4S.C2H5NO2/c5-2(4(7)8)1-3(6)9;3-1-2(4)5/h2,5H,1H2,(H,6,9)(H,7,8);1,3H2,(H,4,5). The maximum absolute atomic E-state index is 10.00. The minimum atomic E-state index is -1.62. The summed E-state index contributed by atoms with van der Waals surface area (Å²) in [5, 5.41) is 23.4. The highest BCUT2D eigenvalue weighted by atomic mass is 32.1. The van der Waals surface area contributed by atoms with E-state index in [4.69, 9.17) is 15.3 Å². The van der Waals surface area contributed by atoms with Crippen molar-refractivity contribution in [3.8, 4) is 0 Å². The molecule has 0 aliphatic heterocycles. The van der Waals surface area contributed by atoms with Gasteiger partial charge in [0.2, 0.25) is 0 Å². The number of hydrogen-bond acceptors (Lipinski definition) is 5. The van der Waals surface area contributed by atoms with Gasteiger partial charge in [-0.25, -0.2) is 4.79 Å². The first-order valence-corrected chi connectivity index (χ1v) is 3.80. The molecule has 1 atom stereocenters. The highest BCUT2D eigenvalue weighted by molar-refractivity contribution is 7.96. The van der Waals surface area contributed by atoms with Crippen molar-refractivity contribution < 1.29 is 29.7 Å².